The van der Waals surface area contributed by atoms with Crippen molar-refractivity contribution in [1.82, 2.24) is 25.4 Å². The van der Waals surface area contributed by atoms with Crippen molar-refractivity contribution < 1.29 is 17.9 Å². The zero-order valence-electron chi connectivity index (χ0n) is 16.6. The summed E-state index contributed by atoms with van der Waals surface area (Å²) in [5.41, 5.74) is -0.209. The number of guanidine groups is 1. The van der Waals surface area contributed by atoms with Gasteiger partial charge in [0.05, 0.1) is 18.7 Å². The highest BCUT2D eigenvalue weighted by atomic mass is 127. The van der Waals surface area contributed by atoms with E-state index in [1.54, 1.807) is 13.2 Å². The number of rotatable bonds is 8. The first-order valence-corrected chi connectivity index (χ1v) is 8.83. The van der Waals surface area contributed by atoms with Gasteiger partial charge in [0.25, 0.3) is 0 Å². The molecule has 1 aromatic heterocycles. The molecule has 2 aromatic rings. The Morgan fingerprint density at radius 2 is 2.00 bits per heavy atom. The van der Waals surface area contributed by atoms with Gasteiger partial charge in [-0.3, -0.25) is 0 Å². The van der Waals surface area contributed by atoms with Crippen molar-refractivity contribution in [3.8, 4) is 0 Å². The summed E-state index contributed by atoms with van der Waals surface area (Å²) in [5.74, 6) is 1.99. The van der Waals surface area contributed by atoms with Crippen LogP contribution in [0.5, 0.6) is 0 Å². The van der Waals surface area contributed by atoms with Crippen LogP contribution in [0.25, 0.3) is 0 Å². The monoisotopic (exact) mass is 526 g/mol. The maximum atomic E-state index is 12.9. The number of aryl methyl sites for hydroxylation is 1. The molecule has 1 heterocycles. The zero-order chi connectivity index (χ0) is 20.6. The third-order valence-electron chi connectivity index (χ3n) is 4.09. The van der Waals surface area contributed by atoms with Gasteiger partial charge in [0.15, 0.2) is 11.8 Å². The lowest BCUT2D eigenvalue weighted by Crippen LogP contribution is -2.38. The molecule has 162 valence electrons. The molecule has 11 heteroatoms. The number of methoxy groups -OCH3 is 1. The topological polar surface area (TPSA) is 76.4 Å². The summed E-state index contributed by atoms with van der Waals surface area (Å²) >= 11 is 0. The minimum absolute atomic E-state index is 0. The Kier molecular flexibility index (Phi) is 10.4. The van der Waals surface area contributed by atoms with E-state index in [-0.39, 0.29) is 30.5 Å². The maximum absolute atomic E-state index is 12.9. The van der Waals surface area contributed by atoms with Gasteiger partial charge in [0.2, 0.25) is 0 Å². The lowest BCUT2D eigenvalue weighted by atomic mass is 10.1. The Balaban J connectivity index is 0.00000420. The van der Waals surface area contributed by atoms with Gasteiger partial charge in [0.1, 0.15) is 5.82 Å². The fourth-order valence-corrected chi connectivity index (χ4v) is 2.38. The van der Waals surface area contributed by atoms with Crippen LogP contribution in [0.3, 0.4) is 0 Å². The SMILES string of the molecule is COCCCNC(=NCc1cccc(C(F)(F)F)c1)NCc1nnc(C)n1C.I. The van der Waals surface area contributed by atoms with E-state index in [0.717, 1.165) is 30.2 Å². The smallest absolute Gasteiger partial charge is 0.385 e. The van der Waals surface area contributed by atoms with Crippen LogP contribution in [0, 0.1) is 6.92 Å². The molecule has 0 unspecified atom stereocenters. The lowest BCUT2D eigenvalue weighted by molar-refractivity contribution is -0.137. The van der Waals surface area contributed by atoms with Crippen LogP contribution in [0.1, 0.15) is 29.2 Å². The average molecular weight is 526 g/mol. The number of nitrogens with one attached hydrogen (secondary N) is 2. The molecule has 7 nitrogen and oxygen atoms in total. The molecule has 0 aliphatic carbocycles. The molecule has 2 N–H and O–H groups in total. The Hall–Kier alpha value is -1.89. The lowest BCUT2D eigenvalue weighted by Gasteiger charge is -2.13. The first kappa shape index (κ1) is 25.1. The van der Waals surface area contributed by atoms with Crippen molar-refractivity contribution in [2.24, 2.45) is 12.0 Å². The summed E-state index contributed by atoms with van der Waals surface area (Å²) in [7, 11) is 3.48. The zero-order valence-corrected chi connectivity index (χ0v) is 18.9. The predicted octanol–water partition coefficient (Wildman–Crippen LogP) is 3.03. The third-order valence-corrected chi connectivity index (χ3v) is 4.09. The molecule has 0 saturated heterocycles. The van der Waals surface area contributed by atoms with Crippen LogP contribution >= 0.6 is 24.0 Å². The van der Waals surface area contributed by atoms with Gasteiger partial charge in [0, 0.05) is 27.3 Å². The van der Waals surface area contributed by atoms with E-state index in [1.807, 2.05) is 18.5 Å². The Bertz CT molecular complexity index is 794. The van der Waals surface area contributed by atoms with Crippen LogP contribution in [0.4, 0.5) is 13.2 Å². The highest BCUT2D eigenvalue weighted by Crippen LogP contribution is 2.29. The quantitative estimate of drug-likeness (QED) is 0.240. The highest BCUT2D eigenvalue weighted by molar-refractivity contribution is 14.0. The van der Waals surface area contributed by atoms with E-state index < -0.39 is 11.7 Å². The van der Waals surface area contributed by atoms with Gasteiger partial charge in [-0.2, -0.15) is 13.2 Å². The van der Waals surface area contributed by atoms with Gasteiger partial charge < -0.3 is 19.9 Å². The van der Waals surface area contributed by atoms with Crippen molar-refractivity contribution in [3.63, 3.8) is 0 Å². The minimum Gasteiger partial charge on any atom is -0.385 e. The number of alkyl halides is 3. The molecule has 29 heavy (non-hydrogen) atoms. The summed E-state index contributed by atoms with van der Waals surface area (Å²) in [6.45, 7) is 3.55. The number of hydrogen-bond donors (Lipinski definition) is 2. The summed E-state index contributed by atoms with van der Waals surface area (Å²) in [4.78, 5) is 4.40. The van der Waals surface area contributed by atoms with Crippen molar-refractivity contribution in [1.29, 1.82) is 0 Å². The third kappa shape index (κ3) is 8.17. The van der Waals surface area contributed by atoms with Gasteiger partial charge >= 0.3 is 6.18 Å². The fraction of sp³-hybridized carbons (Fsp3) is 0.500. The summed E-state index contributed by atoms with van der Waals surface area (Å²) in [5, 5.41) is 14.4. The van der Waals surface area contributed by atoms with E-state index in [9.17, 15) is 13.2 Å². The average Bonchev–Trinajstić information content (AvgIpc) is 2.98. The van der Waals surface area contributed by atoms with E-state index >= 15 is 0 Å². The van der Waals surface area contributed by atoms with Crippen molar-refractivity contribution in [2.45, 2.75) is 32.6 Å². The molecular formula is C18H26F3IN6O. The Morgan fingerprint density at radius 1 is 1.24 bits per heavy atom. The minimum atomic E-state index is -4.37. The summed E-state index contributed by atoms with van der Waals surface area (Å²) in [6.07, 6.45) is -3.61. The molecule has 0 radical (unpaired) electrons. The van der Waals surface area contributed by atoms with Crippen LogP contribution < -0.4 is 10.6 Å². The second-order valence-electron chi connectivity index (χ2n) is 6.21. The number of aromatic nitrogens is 3. The molecule has 0 saturated carbocycles. The molecule has 2 rings (SSSR count). The Morgan fingerprint density at radius 3 is 2.62 bits per heavy atom. The van der Waals surface area contributed by atoms with Gasteiger partial charge in [-0.05, 0) is 31.0 Å². The van der Waals surface area contributed by atoms with Gasteiger partial charge in [-0.25, -0.2) is 4.99 Å². The number of hydrogen-bond acceptors (Lipinski definition) is 4. The second kappa shape index (κ2) is 12.0. The maximum Gasteiger partial charge on any atom is 0.416 e. The van der Waals surface area contributed by atoms with Crippen LogP contribution in [-0.2, 0) is 31.1 Å². The number of ether oxygens (including phenoxy) is 1. The van der Waals surface area contributed by atoms with E-state index in [0.29, 0.717) is 31.2 Å². The first-order valence-electron chi connectivity index (χ1n) is 8.83. The molecule has 0 amide bonds. The van der Waals surface area contributed by atoms with Crippen LogP contribution in [0.2, 0.25) is 0 Å². The fourth-order valence-electron chi connectivity index (χ4n) is 2.38. The van der Waals surface area contributed by atoms with Crippen LogP contribution in [0.15, 0.2) is 29.3 Å². The second-order valence-corrected chi connectivity index (χ2v) is 6.21. The highest BCUT2D eigenvalue weighted by Gasteiger charge is 2.30. The predicted molar refractivity (Wildman–Crippen MR) is 115 cm³/mol. The van der Waals surface area contributed by atoms with Gasteiger partial charge in [-0.15, -0.1) is 34.2 Å². The molecule has 0 fully saturated rings. The molecule has 0 spiro atoms. The molecule has 1 aromatic carbocycles. The molecule has 0 aliphatic heterocycles. The van der Waals surface area contributed by atoms with Crippen LogP contribution in [-0.4, -0.2) is 41.0 Å². The van der Waals surface area contributed by atoms with E-state index in [1.165, 1.54) is 6.07 Å². The summed E-state index contributed by atoms with van der Waals surface area (Å²) in [6, 6.07) is 5.16. The van der Waals surface area contributed by atoms with E-state index in [4.69, 9.17) is 4.74 Å². The largest absolute Gasteiger partial charge is 0.416 e. The molecular weight excluding hydrogens is 500 g/mol. The number of benzene rings is 1. The normalized spacial score (nSPS) is 11.9. The first-order chi connectivity index (χ1) is 13.3. The summed E-state index contributed by atoms with van der Waals surface area (Å²) < 4.78 is 45.5. The molecule has 0 atom stereocenters. The van der Waals surface area contributed by atoms with E-state index in [2.05, 4.69) is 25.8 Å². The standard InChI is InChI=1S/C18H25F3N6O.HI/c1-13-25-26-16(27(13)2)12-24-17(22-8-5-9-28-3)23-11-14-6-4-7-15(10-14)18(19,20)21;/h4,6-7,10H,5,8-9,11-12H2,1-3H3,(H2,22,23,24);1H. The molecule has 0 bridgehead atoms. The molecule has 0 aliphatic rings. The number of halogens is 4. The number of aliphatic imine (C=N–C) groups is 1. The van der Waals surface area contributed by atoms with Crippen molar-refractivity contribution in [2.75, 3.05) is 20.3 Å². The Labute approximate surface area is 185 Å². The van der Waals surface area contributed by atoms with Gasteiger partial charge in [-0.1, -0.05) is 12.1 Å². The number of nitrogens with zero attached hydrogens (tertiary/aromatic N) is 4. The van der Waals surface area contributed by atoms with Crippen molar-refractivity contribution in [3.05, 3.63) is 47.0 Å². The van der Waals surface area contributed by atoms with Crippen molar-refractivity contribution >= 4 is 29.9 Å².